The number of hydrogen-bond acceptors (Lipinski definition) is 4. The number of carbonyl (C=O) groups excluding carboxylic acids is 1. The summed E-state index contributed by atoms with van der Waals surface area (Å²) >= 11 is 0. The van der Waals surface area contributed by atoms with E-state index in [-0.39, 0.29) is 5.91 Å². The molecule has 2 aromatic rings. The zero-order valence-corrected chi connectivity index (χ0v) is 14.1. The third-order valence-corrected chi connectivity index (χ3v) is 3.45. The Hall–Kier alpha value is -2.82. The molecule has 0 aliphatic carbocycles. The second kappa shape index (κ2) is 9.35. The van der Waals surface area contributed by atoms with E-state index in [0.717, 1.165) is 30.0 Å². The molecule has 0 aliphatic heterocycles. The van der Waals surface area contributed by atoms with Crippen molar-refractivity contribution in [2.45, 2.75) is 19.8 Å². The van der Waals surface area contributed by atoms with Crippen LogP contribution < -0.4 is 15.5 Å². The Morgan fingerprint density at radius 1 is 1.21 bits per heavy atom. The van der Waals surface area contributed by atoms with Crippen LogP contribution >= 0.6 is 0 Å². The van der Waals surface area contributed by atoms with Crippen molar-refractivity contribution < 1.29 is 9.53 Å². The highest BCUT2D eigenvalue weighted by Gasteiger charge is 1.99. The third-order valence-electron chi connectivity index (χ3n) is 3.45. The lowest BCUT2D eigenvalue weighted by Crippen LogP contribution is -2.18. The second-order valence-electron chi connectivity index (χ2n) is 5.47. The highest BCUT2D eigenvalue weighted by atomic mass is 16.5. The van der Waals surface area contributed by atoms with E-state index in [9.17, 15) is 4.79 Å². The highest BCUT2D eigenvalue weighted by Crippen LogP contribution is 2.10. The van der Waals surface area contributed by atoms with E-state index >= 15 is 0 Å². The molecule has 0 atom stereocenters. The van der Waals surface area contributed by atoms with Crippen molar-refractivity contribution in [1.82, 2.24) is 5.43 Å². The molecule has 0 unspecified atom stereocenters. The molecule has 126 valence electrons. The number of benzene rings is 2. The molecule has 2 aromatic carbocycles. The van der Waals surface area contributed by atoms with E-state index in [2.05, 4.69) is 34.9 Å². The zero-order valence-electron chi connectivity index (χ0n) is 14.1. The topological polar surface area (TPSA) is 62.7 Å². The summed E-state index contributed by atoms with van der Waals surface area (Å²) in [4.78, 5) is 11.7. The molecule has 0 fully saturated rings. The molecule has 24 heavy (non-hydrogen) atoms. The summed E-state index contributed by atoms with van der Waals surface area (Å²) in [5.41, 5.74) is 5.73. The van der Waals surface area contributed by atoms with E-state index < -0.39 is 0 Å². The zero-order chi connectivity index (χ0) is 17.2. The van der Waals surface area contributed by atoms with Gasteiger partial charge in [0.25, 0.3) is 0 Å². The third kappa shape index (κ3) is 6.12. The highest BCUT2D eigenvalue weighted by molar-refractivity contribution is 5.82. The van der Waals surface area contributed by atoms with Gasteiger partial charge >= 0.3 is 0 Å². The van der Waals surface area contributed by atoms with Crippen LogP contribution in [-0.2, 0) is 4.79 Å². The van der Waals surface area contributed by atoms with Gasteiger partial charge in [-0.3, -0.25) is 4.79 Å². The average Bonchev–Trinajstić information content (AvgIpc) is 2.59. The number of anilines is 1. The van der Waals surface area contributed by atoms with Crippen LogP contribution in [0.15, 0.2) is 53.6 Å². The lowest BCUT2D eigenvalue weighted by molar-refractivity contribution is -0.121. The van der Waals surface area contributed by atoms with Gasteiger partial charge in [0.1, 0.15) is 5.75 Å². The lowest BCUT2D eigenvalue weighted by Gasteiger charge is -2.06. The molecule has 2 N–H and O–H groups in total. The maximum absolute atomic E-state index is 11.7. The predicted molar refractivity (Wildman–Crippen MR) is 97.6 cm³/mol. The summed E-state index contributed by atoms with van der Waals surface area (Å²) in [6, 6.07) is 15.6. The normalized spacial score (nSPS) is 10.6. The number of ether oxygens (including phenoxy) is 1. The molecule has 5 heteroatoms. The van der Waals surface area contributed by atoms with Gasteiger partial charge < -0.3 is 10.1 Å². The minimum Gasteiger partial charge on any atom is -0.497 e. The summed E-state index contributed by atoms with van der Waals surface area (Å²) in [7, 11) is 1.62. The van der Waals surface area contributed by atoms with Gasteiger partial charge in [0.15, 0.2) is 0 Å². The molecule has 0 heterocycles. The molecule has 0 spiro atoms. The molecule has 1 amide bonds. The van der Waals surface area contributed by atoms with Gasteiger partial charge in [0.05, 0.1) is 13.3 Å². The lowest BCUT2D eigenvalue weighted by atomic mass is 10.2. The van der Waals surface area contributed by atoms with Crippen molar-refractivity contribution in [3.63, 3.8) is 0 Å². The van der Waals surface area contributed by atoms with Gasteiger partial charge in [0.2, 0.25) is 5.91 Å². The van der Waals surface area contributed by atoms with E-state index in [1.54, 1.807) is 13.3 Å². The van der Waals surface area contributed by atoms with Crippen LogP contribution in [0, 0.1) is 6.92 Å². The number of nitrogens with one attached hydrogen (secondary N) is 2. The fraction of sp³-hybridized carbons (Fsp3) is 0.263. The fourth-order valence-corrected chi connectivity index (χ4v) is 2.16. The van der Waals surface area contributed by atoms with Gasteiger partial charge in [-0.15, -0.1) is 0 Å². The Labute approximate surface area is 142 Å². The predicted octanol–water partition coefficient (Wildman–Crippen LogP) is 3.35. The number of nitrogens with zero attached hydrogens (tertiary/aromatic N) is 1. The van der Waals surface area contributed by atoms with Crippen LogP contribution in [0.5, 0.6) is 5.75 Å². The molecule has 0 saturated carbocycles. The first-order valence-electron chi connectivity index (χ1n) is 7.94. The first-order chi connectivity index (χ1) is 11.7. The number of rotatable bonds is 8. The quantitative estimate of drug-likeness (QED) is 0.444. The largest absolute Gasteiger partial charge is 0.497 e. The van der Waals surface area contributed by atoms with Crippen LogP contribution in [0.25, 0.3) is 0 Å². The average molecular weight is 325 g/mol. The molecule has 5 nitrogen and oxygen atoms in total. The number of amides is 1. The minimum atomic E-state index is -0.0918. The van der Waals surface area contributed by atoms with Gasteiger partial charge in [-0.05, 0) is 60.9 Å². The molecule has 0 saturated heterocycles. The Balaban J connectivity index is 1.64. The van der Waals surface area contributed by atoms with E-state index in [0.29, 0.717) is 6.42 Å². The summed E-state index contributed by atoms with van der Waals surface area (Å²) in [5, 5.41) is 7.26. The Morgan fingerprint density at radius 3 is 2.71 bits per heavy atom. The molecule has 0 radical (unpaired) electrons. The number of hydrazone groups is 1. The monoisotopic (exact) mass is 325 g/mol. The molecular weight excluding hydrogens is 302 g/mol. The molecule has 0 bridgehead atoms. The van der Waals surface area contributed by atoms with Crippen LogP contribution in [-0.4, -0.2) is 25.8 Å². The second-order valence-corrected chi connectivity index (χ2v) is 5.47. The van der Waals surface area contributed by atoms with Crippen LogP contribution in [0.1, 0.15) is 24.0 Å². The summed E-state index contributed by atoms with van der Waals surface area (Å²) in [5.74, 6) is 0.697. The van der Waals surface area contributed by atoms with Crippen molar-refractivity contribution in [3.8, 4) is 5.75 Å². The van der Waals surface area contributed by atoms with Crippen LogP contribution in [0.3, 0.4) is 0 Å². The Morgan fingerprint density at radius 2 is 2.00 bits per heavy atom. The molecule has 2 rings (SSSR count). The standard InChI is InChI=1S/C19H23N3O2/c1-15-5-3-6-17(13-15)20-12-4-7-19(23)22-21-14-16-8-10-18(24-2)11-9-16/h3,5-6,8-11,13-14,20H,4,7,12H2,1-2H3,(H,22,23)/b21-14+. The fourth-order valence-electron chi connectivity index (χ4n) is 2.16. The van der Waals surface area contributed by atoms with Crippen molar-refractivity contribution in [2.75, 3.05) is 19.0 Å². The van der Waals surface area contributed by atoms with Gasteiger partial charge in [-0.25, -0.2) is 5.43 Å². The first-order valence-corrected chi connectivity index (χ1v) is 7.94. The summed E-state index contributed by atoms with van der Waals surface area (Å²) in [6.45, 7) is 2.80. The SMILES string of the molecule is COc1ccc(/C=N/NC(=O)CCCNc2cccc(C)c2)cc1. The van der Waals surface area contributed by atoms with E-state index in [1.807, 2.05) is 36.4 Å². The van der Waals surface area contributed by atoms with Gasteiger partial charge in [0, 0.05) is 18.7 Å². The Bertz CT molecular complexity index is 681. The molecule has 0 aromatic heterocycles. The maximum Gasteiger partial charge on any atom is 0.240 e. The van der Waals surface area contributed by atoms with Crippen molar-refractivity contribution in [3.05, 3.63) is 59.7 Å². The van der Waals surface area contributed by atoms with Gasteiger partial charge in [-0.2, -0.15) is 5.10 Å². The van der Waals surface area contributed by atoms with E-state index in [4.69, 9.17) is 4.74 Å². The molecule has 0 aliphatic rings. The number of methoxy groups -OCH3 is 1. The van der Waals surface area contributed by atoms with Crippen LogP contribution in [0.4, 0.5) is 5.69 Å². The van der Waals surface area contributed by atoms with Gasteiger partial charge in [-0.1, -0.05) is 12.1 Å². The van der Waals surface area contributed by atoms with E-state index in [1.165, 1.54) is 5.56 Å². The smallest absolute Gasteiger partial charge is 0.240 e. The summed E-state index contributed by atoms with van der Waals surface area (Å²) in [6.07, 6.45) is 2.79. The van der Waals surface area contributed by atoms with Crippen molar-refractivity contribution in [1.29, 1.82) is 0 Å². The number of aryl methyl sites for hydroxylation is 1. The number of hydrogen-bond donors (Lipinski definition) is 2. The maximum atomic E-state index is 11.7. The Kier molecular flexibility index (Phi) is 6.83. The van der Waals surface area contributed by atoms with Crippen molar-refractivity contribution in [2.24, 2.45) is 5.10 Å². The van der Waals surface area contributed by atoms with Crippen LogP contribution in [0.2, 0.25) is 0 Å². The number of carbonyl (C=O) groups is 1. The van der Waals surface area contributed by atoms with Crippen molar-refractivity contribution >= 4 is 17.8 Å². The first kappa shape index (κ1) is 17.5. The minimum absolute atomic E-state index is 0.0918. The molecular formula is C19H23N3O2. The summed E-state index contributed by atoms with van der Waals surface area (Å²) < 4.78 is 5.09.